The number of nitrogens with zero attached hydrogens (tertiary/aromatic N) is 2. The summed E-state index contributed by atoms with van der Waals surface area (Å²) in [5, 5.41) is 29.8. The van der Waals surface area contributed by atoms with E-state index in [-0.39, 0.29) is 6.04 Å². The smallest absolute Gasteiger partial charge is 0.490 e. The number of nitrogens with two attached hydrogens (primary N) is 2. The zero-order chi connectivity index (χ0) is 39.9. The average Bonchev–Trinajstić information content (AvgIpc) is 3.42. The normalized spacial score (nSPS) is 11.8. The van der Waals surface area contributed by atoms with Crippen molar-refractivity contribution in [2.24, 2.45) is 11.5 Å². The highest BCUT2D eigenvalue weighted by Gasteiger charge is 2.39. The van der Waals surface area contributed by atoms with Crippen molar-refractivity contribution in [1.82, 2.24) is 15.2 Å². The molecule has 1 atom stereocenters. The number of hydrogen-bond donors (Lipinski definition) is 6. The van der Waals surface area contributed by atoms with Crippen LogP contribution in [0.5, 0.6) is 11.5 Å². The average molecular weight is 760 g/mol. The summed E-state index contributed by atoms with van der Waals surface area (Å²) < 4.78 is 107. The van der Waals surface area contributed by atoms with Crippen molar-refractivity contribution in [1.29, 1.82) is 0 Å². The number of pyridine rings is 1. The minimum Gasteiger partial charge on any atom is -0.492 e. The molecule has 4 rings (SSSR count). The highest BCUT2D eigenvalue weighted by atomic mass is 19.4. The summed E-state index contributed by atoms with van der Waals surface area (Å²) in [6.45, 7) is 3.38. The van der Waals surface area contributed by atoms with Crippen LogP contribution in [0.4, 0.5) is 39.5 Å². The zero-order valence-electron chi connectivity index (χ0n) is 26.5. The van der Waals surface area contributed by atoms with E-state index >= 15 is 0 Å². The molecule has 8 N–H and O–H groups in total. The van der Waals surface area contributed by atoms with Crippen LogP contribution < -0.4 is 20.9 Å². The highest BCUT2D eigenvalue weighted by molar-refractivity contribution is 5.86. The first kappa shape index (κ1) is 44.4. The number of fused-ring (bicyclic) bond motifs is 1. The van der Waals surface area contributed by atoms with Crippen LogP contribution in [0.1, 0.15) is 11.3 Å². The van der Waals surface area contributed by atoms with Crippen molar-refractivity contribution in [3.63, 3.8) is 0 Å². The summed E-state index contributed by atoms with van der Waals surface area (Å²) in [7, 11) is 0. The van der Waals surface area contributed by atoms with Crippen LogP contribution in [0.25, 0.3) is 22.0 Å². The molecule has 0 aliphatic carbocycles. The van der Waals surface area contributed by atoms with Gasteiger partial charge in [-0.1, -0.05) is 18.2 Å². The van der Waals surface area contributed by atoms with Crippen LogP contribution in [0.15, 0.2) is 60.9 Å². The van der Waals surface area contributed by atoms with Crippen LogP contribution in [0, 0.1) is 6.92 Å². The zero-order valence-corrected chi connectivity index (χ0v) is 26.5. The first-order valence-corrected chi connectivity index (χ1v) is 14.1. The number of aliphatic carboxylic acids is 3. The molecule has 0 unspecified atom stereocenters. The minimum absolute atomic E-state index is 0.154. The fraction of sp³-hybridized carbons (Fsp3) is 0.300. The fourth-order valence-corrected chi connectivity index (χ4v) is 3.48. The number of nitrogens with one attached hydrogen (secondary N) is 1. The third kappa shape index (κ3) is 16.4. The number of alkyl halides is 9. The molecule has 0 spiro atoms. The number of aromatic amines is 1. The number of carboxylic acid groups (broad SMARTS) is 3. The Balaban J connectivity index is 0.000000525. The van der Waals surface area contributed by atoms with Crippen LogP contribution in [-0.2, 0) is 20.8 Å². The molecule has 13 nitrogen and oxygen atoms in total. The molecule has 0 amide bonds. The summed E-state index contributed by atoms with van der Waals surface area (Å²) in [6.07, 6.45) is -11.0. The molecule has 2 heterocycles. The van der Waals surface area contributed by atoms with Gasteiger partial charge in [0.15, 0.2) is 0 Å². The molecular weight excluding hydrogens is 729 g/mol. The van der Waals surface area contributed by atoms with Crippen molar-refractivity contribution in [2.75, 3.05) is 19.8 Å². The van der Waals surface area contributed by atoms with Gasteiger partial charge in [-0.05, 0) is 54.8 Å². The number of carboxylic acids is 3. The maximum atomic E-state index is 10.6. The first-order chi connectivity index (χ1) is 23.9. The Morgan fingerprint density at radius 1 is 0.788 bits per heavy atom. The Hall–Kier alpha value is -5.64. The first-order valence-electron chi connectivity index (χ1n) is 14.1. The van der Waals surface area contributed by atoms with E-state index in [0.717, 1.165) is 39.0 Å². The topological polar surface area (TPSA) is 224 Å². The monoisotopic (exact) mass is 759 g/mol. The van der Waals surface area contributed by atoms with Gasteiger partial charge in [-0.15, -0.1) is 0 Å². The van der Waals surface area contributed by atoms with Gasteiger partial charge in [0.25, 0.3) is 0 Å². The van der Waals surface area contributed by atoms with E-state index in [9.17, 15) is 39.5 Å². The summed E-state index contributed by atoms with van der Waals surface area (Å²) in [4.78, 5) is 31.0. The van der Waals surface area contributed by atoms with Gasteiger partial charge in [0, 0.05) is 35.4 Å². The second-order valence-electron chi connectivity index (χ2n) is 9.96. The van der Waals surface area contributed by atoms with Crippen molar-refractivity contribution < 1.29 is 78.7 Å². The number of H-pyrrole nitrogens is 1. The van der Waals surface area contributed by atoms with Gasteiger partial charge in [0.2, 0.25) is 0 Å². The number of rotatable bonds is 9. The van der Waals surface area contributed by atoms with Crippen LogP contribution >= 0.6 is 0 Å². The Kier molecular flexibility index (Phi) is 16.8. The molecular formula is C30H30F9N5O8. The molecule has 0 bridgehead atoms. The summed E-state index contributed by atoms with van der Waals surface area (Å²) in [6, 6.07) is 15.9. The molecule has 0 aliphatic heterocycles. The van der Waals surface area contributed by atoms with Gasteiger partial charge in [-0.25, -0.2) is 14.4 Å². The van der Waals surface area contributed by atoms with E-state index < -0.39 is 36.4 Å². The number of benzene rings is 2. The summed E-state index contributed by atoms with van der Waals surface area (Å²) in [5.74, 6) is -6.78. The van der Waals surface area contributed by atoms with Gasteiger partial charge in [0.1, 0.15) is 24.7 Å². The van der Waals surface area contributed by atoms with E-state index in [1.807, 2.05) is 55.6 Å². The maximum absolute atomic E-state index is 10.6. The standard InChI is InChI=1S/C24H27N5O2.3C2HF3O2/c1-16-23-12-18(5-6-24(23)29-28-16)19-11-22(14-27-13-19)31-15-20(26)9-17-3-2-4-21(10-17)30-8-7-25;3*3-2(4,5)1(6)7/h2-6,10-14,20H,7-9,15,25-26H2,1H3,(H,28,29);3*(H,6,7)/t20-;;;/m0.../s1. The molecule has 0 fully saturated rings. The quantitative estimate of drug-likeness (QED) is 0.122. The van der Waals surface area contributed by atoms with Crippen LogP contribution in [0.3, 0.4) is 0 Å². The number of halogens is 9. The molecule has 2 aromatic carbocycles. The number of hydrogen-bond acceptors (Lipinski definition) is 9. The third-order valence-electron chi connectivity index (χ3n) is 5.77. The molecule has 0 radical (unpaired) electrons. The van der Waals surface area contributed by atoms with E-state index in [0.29, 0.717) is 31.9 Å². The lowest BCUT2D eigenvalue weighted by Crippen LogP contribution is -2.30. The SMILES string of the molecule is Cc1[nH]nc2ccc(-c3cncc(OC[C@@H](N)Cc4cccc(OCCN)c4)c3)cc12.O=C(O)C(F)(F)F.O=C(O)C(F)(F)F.O=C(O)C(F)(F)F. The minimum atomic E-state index is -5.08. The number of aromatic nitrogens is 3. The Morgan fingerprint density at radius 2 is 1.35 bits per heavy atom. The Labute approximate surface area is 287 Å². The van der Waals surface area contributed by atoms with Crippen molar-refractivity contribution in [3.8, 4) is 22.6 Å². The second-order valence-corrected chi connectivity index (χ2v) is 9.96. The van der Waals surface area contributed by atoms with Gasteiger partial charge >= 0.3 is 36.4 Å². The lowest BCUT2D eigenvalue weighted by atomic mass is 10.0. The fourth-order valence-electron chi connectivity index (χ4n) is 3.48. The lowest BCUT2D eigenvalue weighted by Gasteiger charge is -2.14. The lowest BCUT2D eigenvalue weighted by molar-refractivity contribution is -0.193. The maximum Gasteiger partial charge on any atom is 0.490 e. The number of carbonyl (C=O) groups is 3. The Bertz CT molecular complexity index is 1710. The number of ether oxygens (including phenoxy) is 2. The second kappa shape index (κ2) is 19.7. The predicted octanol–water partition coefficient (Wildman–Crippen LogP) is 5.12. The molecule has 286 valence electrons. The van der Waals surface area contributed by atoms with Crippen molar-refractivity contribution >= 4 is 28.8 Å². The Morgan fingerprint density at radius 3 is 1.87 bits per heavy atom. The molecule has 2 aromatic heterocycles. The van der Waals surface area contributed by atoms with E-state index in [1.54, 1.807) is 6.20 Å². The van der Waals surface area contributed by atoms with Crippen LogP contribution in [-0.4, -0.2) is 92.7 Å². The molecule has 22 heteroatoms. The van der Waals surface area contributed by atoms with Crippen LogP contribution in [0.2, 0.25) is 0 Å². The molecule has 52 heavy (non-hydrogen) atoms. The van der Waals surface area contributed by atoms with Crippen molar-refractivity contribution in [3.05, 3.63) is 72.2 Å². The summed E-state index contributed by atoms with van der Waals surface area (Å²) in [5.41, 5.74) is 16.9. The van der Waals surface area contributed by atoms with Gasteiger partial charge in [-0.2, -0.15) is 44.6 Å². The highest BCUT2D eigenvalue weighted by Crippen LogP contribution is 2.27. The molecule has 0 saturated heterocycles. The van der Waals surface area contributed by atoms with E-state index in [1.165, 1.54) is 0 Å². The van der Waals surface area contributed by atoms with Crippen molar-refractivity contribution in [2.45, 2.75) is 37.9 Å². The predicted molar refractivity (Wildman–Crippen MR) is 163 cm³/mol. The summed E-state index contributed by atoms with van der Waals surface area (Å²) >= 11 is 0. The number of aryl methyl sites for hydroxylation is 1. The van der Waals surface area contributed by atoms with E-state index in [4.69, 9.17) is 50.6 Å². The largest absolute Gasteiger partial charge is 0.492 e. The van der Waals surface area contributed by atoms with E-state index in [2.05, 4.69) is 21.2 Å². The molecule has 0 aliphatic rings. The molecule has 4 aromatic rings. The van der Waals surface area contributed by atoms with Gasteiger partial charge in [-0.3, -0.25) is 10.1 Å². The third-order valence-corrected chi connectivity index (χ3v) is 5.77. The molecule has 0 saturated carbocycles. The van der Waals surface area contributed by atoms with Gasteiger partial charge in [0.05, 0.1) is 11.7 Å². The van der Waals surface area contributed by atoms with Gasteiger partial charge < -0.3 is 36.3 Å².